The lowest BCUT2D eigenvalue weighted by molar-refractivity contribution is -0.116. The number of anilines is 1. The molecule has 0 saturated heterocycles. The van der Waals surface area contributed by atoms with Crippen LogP contribution in [-0.4, -0.2) is 15.5 Å². The van der Waals surface area contributed by atoms with Crippen LogP contribution >= 0.6 is 23.2 Å². The first-order valence-electron chi connectivity index (χ1n) is 10.1. The Morgan fingerprint density at radius 2 is 1.74 bits per heavy atom. The number of fused-ring (bicyclic) bond motifs is 1. The molecule has 0 radical (unpaired) electrons. The largest absolute Gasteiger partial charge is 0.343 e. The van der Waals surface area contributed by atoms with E-state index in [1.165, 1.54) is 0 Å². The van der Waals surface area contributed by atoms with Gasteiger partial charge in [0.2, 0.25) is 5.91 Å². The summed E-state index contributed by atoms with van der Waals surface area (Å²) in [7, 11) is 0. The van der Waals surface area contributed by atoms with Crippen LogP contribution in [0.3, 0.4) is 0 Å². The van der Waals surface area contributed by atoms with Gasteiger partial charge in [0, 0.05) is 45.8 Å². The lowest BCUT2D eigenvalue weighted by Crippen LogP contribution is -2.13. The number of pyridine rings is 1. The molecule has 31 heavy (non-hydrogen) atoms. The molecule has 1 N–H and O–H groups in total. The van der Waals surface area contributed by atoms with Crippen LogP contribution in [0.25, 0.3) is 10.9 Å². The number of aromatic nitrogens is 2. The van der Waals surface area contributed by atoms with Crippen LogP contribution in [0.15, 0.2) is 60.8 Å². The zero-order chi connectivity index (χ0) is 22.0. The fourth-order valence-electron chi connectivity index (χ4n) is 3.82. The van der Waals surface area contributed by atoms with E-state index in [2.05, 4.69) is 21.1 Å². The highest BCUT2D eigenvalue weighted by Gasteiger charge is 2.12. The van der Waals surface area contributed by atoms with Gasteiger partial charge in [-0.25, -0.2) is 4.98 Å². The minimum Gasteiger partial charge on any atom is -0.343 e. The number of amides is 1. The maximum Gasteiger partial charge on any atom is 0.225 e. The summed E-state index contributed by atoms with van der Waals surface area (Å²) in [6.07, 6.45) is 3.08. The number of carbonyl (C=O) groups excluding carboxylic acids is 1. The zero-order valence-electron chi connectivity index (χ0n) is 17.5. The van der Waals surface area contributed by atoms with E-state index >= 15 is 0 Å². The molecule has 1 amide bonds. The van der Waals surface area contributed by atoms with Gasteiger partial charge in [0.15, 0.2) is 0 Å². The van der Waals surface area contributed by atoms with Gasteiger partial charge < -0.3 is 9.88 Å². The number of nitrogens with zero attached hydrogens (tertiary/aromatic N) is 2. The summed E-state index contributed by atoms with van der Waals surface area (Å²) < 4.78 is 2.19. The normalized spacial score (nSPS) is 11.1. The molecule has 2 heterocycles. The predicted molar refractivity (Wildman–Crippen MR) is 128 cm³/mol. The third kappa shape index (κ3) is 5.27. The molecule has 4 rings (SSSR count). The van der Waals surface area contributed by atoms with Crippen LogP contribution in [0, 0.1) is 13.8 Å². The third-order valence-corrected chi connectivity index (χ3v) is 5.67. The van der Waals surface area contributed by atoms with E-state index in [4.69, 9.17) is 23.2 Å². The number of hydrogen-bond acceptors (Lipinski definition) is 2. The van der Waals surface area contributed by atoms with E-state index in [1.807, 2.05) is 68.4 Å². The molecule has 0 aliphatic heterocycles. The van der Waals surface area contributed by atoms with Crippen molar-refractivity contribution < 1.29 is 4.79 Å². The van der Waals surface area contributed by atoms with Crippen molar-refractivity contribution in [2.75, 3.05) is 5.32 Å². The van der Waals surface area contributed by atoms with Crippen LogP contribution in [0.4, 0.5) is 5.82 Å². The van der Waals surface area contributed by atoms with Gasteiger partial charge in [0.25, 0.3) is 0 Å². The highest BCUT2D eigenvalue weighted by Crippen LogP contribution is 2.27. The first-order valence-corrected chi connectivity index (χ1v) is 10.9. The Kier molecular flexibility index (Phi) is 6.30. The van der Waals surface area contributed by atoms with Gasteiger partial charge in [-0.1, -0.05) is 35.3 Å². The van der Waals surface area contributed by atoms with Crippen molar-refractivity contribution in [3.8, 4) is 0 Å². The Morgan fingerprint density at radius 1 is 1.00 bits per heavy atom. The second-order valence-electron chi connectivity index (χ2n) is 7.79. The molecule has 4 nitrogen and oxygen atoms in total. The summed E-state index contributed by atoms with van der Waals surface area (Å²) in [6.45, 7) is 4.62. The fourth-order valence-corrected chi connectivity index (χ4v) is 4.12. The molecule has 158 valence electrons. The minimum atomic E-state index is -0.0573. The van der Waals surface area contributed by atoms with E-state index in [1.54, 1.807) is 0 Å². The van der Waals surface area contributed by atoms with Gasteiger partial charge in [0.1, 0.15) is 5.82 Å². The number of nitrogens with one attached hydrogen (secondary N) is 1. The molecule has 0 unspecified atom stereocenters. The molecular formula is C25H23Cl2N3O. The molecule has 0 atom stereocenters. The maximum absolute atomic E-state index is 12.5. The SMILES string of the molecule is Cc1cc(C)nc(NC(=O)CCc2cn(Cc3ccc(Cl)cc3)c3ccc(Cl)cc23)c1. The second-order valence-corrected chi connectivity index (χ2v) is 8.66. The van der Waals surface area contributed by atoms with Crippen LogP contribution in [-0.2, 0) is 17.8 Å². The first kappa shape index (κ1) is 21.4. The molecule has 6 heteroatoms. The quantitative estimate of drug-likeness (QED) is 0.359. The minimum absolute atomic E-state index is 0.0573. The Morgan fingerprint density at radius 3 is 2.48 bits per heavy atom. The first-order chi connectivity index (χ1) is 14.9. The monoisotopic (exact) mass is 451 g/mol. The van der Waals surface area contributed by atoms with E-state index in [9.17, 15) is 4.79 Å². The summed E-state index contributed by atoms with van der Waals surface area (Å²) in [4.78, 5) is 16.9. The summed E-state index contributed by atoms with van der Waals surface area (Å²) in [5.74, 6) is 0.536. The van der Waals surface area contributed by atoms with Crippen molar-refractivity contribution in [1.29, 1.82) is 0 Å². The standard InChI is InChI=1S/C25H23Cl2N3O/c1-16-11-17(2)28-24(12-16)29-25(31)10-5-19-15-30(14-18-3-6-20(26)7-4-18)23-9-8-21(27)13-22(19)23/h3-4,6-9,11-13,15H,5,10,14H2,1-2H3,(H,28,29,31). The summed E-state index contributed by atoms with van der Waals surface area (Å²) in [5.41, 5.74) is 5.29. The highest BCUT2D eigenvalue weighted by molar-refractivity contribution is 6.31. The molecule has 0 saturated carbocycles. The number of aryl methyl sites for hydroxylation is 3. The molecule has 4 aromatic rings. The van der Waals surface area contributed by atoms with Crippen LogP contribution in [0.5, 0.6) is 0 Å². The lowest BCUT2D eigenvalue weighted by Gasteiger charge is -2.06. The van der Waals surface area contributed by atoms with E-state index in [-0.39, 0.29) is 5.91 Å². The van der Waals surface area contributed by atoms with E-state index in [0.717, 1.165) is 38.3 Å². The Hall–Kier alpha value is -2.82. The van der Waals surface area contributed by atoms with Crippen molar-refractivity contribution >= 4 is 45.8 Å². The maximum atomic E-state index is 12.5. The summed E-state index contributed by atoms with van der Waals surface area (Å²) in [5, 5.41) is 5.38. The molecule has 2 aromatic carbocycles. The van der Waals surface area contributed by atoms with Gasteiger partial charge in [-0.3, -0.25) is 4.79 Å². The Balaban J connectivity index is 1.53. The highest BCUT2D eigenvalue weighted by atomic mass is 35.5. The Bertz CT molecular complexity index is 1230. The van der Waals surface area contributed by atoms with Crippen LogP contribution in [0.1, 0.15) is 28.8 Å². The number of hydrogen-bond donors (Lipinski definition) is 1. The number of carbonyl (C=O) groups is 1. The van der Waals surface area contributed by atoms with Gasteiger partial charge >= 0.3 is 0 Å². The van der Waals surface area contributed by atoms with Crippen LogP contribution < -0.4 is 5.32 Å². The average Bonchev–Trinajstić information content (AvgIpc) is 3.04. The topological polar surface area (TPSA) is 46.9 Å². The average molecular weight is 452 g/mol. The third-order valence-electron chi connectivity index (χ3n) is 5.18. The number of benzene rings is 2. The second kappa shape index (κ2) is 9.13. The van der Waals surface area contributed by atoms with E-state index in [0.29, 0.717) is 30.2 Å². The van der Waals surface area contributed by atoms with Gasteiger partial charge in [-0.2, -0.15) is 0 Å². The van der Waals surface area contributed by atoms with Gasteiger partial charge in [0.05, 0.1) is 0 Å². The van der Waals surface area contributed by atoms with Crippen molar-refractivity contribution in [2.24, 2.45) is 0 Å². The predicted octanol–water partition coefficient (Wildman–Crippen LogP) is 6.58. The van der Waals surface area contributed by atoms with Crippen molar-refractivity contribution in [3.05, 3.63) is 93.2 Å². The van der Waals surface area contributed by atoms with E-state index < -0.39 is 0 Å². The smallest absolute Gasteiger partial charge is 0.225 e. The van der Waals surface area contributed by atoms with Crippen LogP contribution in [0.2, 0.25) is 10.0 Å². The molecule has 0 bridgehead atoms. The fraction of sp³-hybridized carbons (Fsp3) is 0.200. The molecular weight excluding hydrogens is 429 g/mol. The number of rotatable bonds is 6. The van der Waals surface area contributed by atoms with Crippen molar-refractivity contribution in [3.63, 3.8) is 0 Å². The molecule has 2 aromatic heterocycles. The van der Waals surface area contributed by atoms with Gasteiger partial charge in [-0.15, -0.1) is 0 Å². The van der Waals surface area contributed by atoms with Crippen molar-refractivity contribution in [2.45, 2.75) is 33.2 Å². The van der Waals surface area contributed by atoms with Gasteiger partial charge in [-0.05, 0) is 79.4 Å². The number of halogens is 2. The molecule has 0 fully saturated rings. The zero-order valence-corrected chi connectivity index (χ0v) is 19.0. The lowest BCUT2D eigenvalue weighted by atomic mass is 10.1. The summed E-state index contributed by atoms with van der Waals surface area (Å²) >= 11 is 12.3. The molecule has 0 aliphatic rings. The summed E-state index contributed by atoms with van der Waals surface area (Å²) in [6, 6.07) is 17.6. The molecule has 0 aliphatic carbocycles. The Labute approximate surface area is 191 Å². The molecule has 0 spiro atoms. The van der Waals surface area contributed by atoms with Crippen molar-refractivity contribution in [1.82, 2.24) is 9.55 Å².